The lowest BCUT2D eigenvalue weighted by molar-refractivity contribution is 0.134. The lowest BCUT2D eigenvalue weighted by Gasteiger charge is -2.22. The van der Waals surface area contributed by atoms with E-state index in [-0.39, 0.29) is 0 Å². The third kappa shape index (κ3) is 3.16. The summed E-state index contributed by atoms with van der Waals surface area (Å²) < 4.78 is 5.49. The van der Waals surface area contributed by atoms with Crippen molar-refractivity contribution < 1.29 is 4.74 Å². The third-order valence-corrected chi connectivity index (χ3v) is 5.07. The molecule has 0 saturated carbocycles. The van der Waals surface area contributed by atoms with Gasteiger partial charge in [-0.05, 0) is 35.4 Å². The van der Waals surface area contributed by atoms with Crippen LogP contribution in [0.2, 0.25) is 0 Å². The predicted molar refractivity (Wildman–Crippen MR) is 79.9 cm³/mol. The highest BCUT2D eigenvalue weighted by molar-refractivity contribution is 9.09. The average molecular weight is 311 g/mol. The summed E-state index contributed by atoms with van der Waals surface area (Å²) in [6, 6.07) is 6.84. The Labute approximate surface area is 119 Å². The number of fused-ring (bicyclic) bond motifs is 1. The van der Waals surface area contributed by atoms with Gasteiger partial charge < -0.3 is 4.74 Å². The van der Waals surface area contributed by atoms with Crippen LogP contribution in [0.1, 0.15) is 61.0 Å². The maximum Gasteiger partial charge on any atom is 0.0725 e. The van der Waals surface area contributed by atoms with Crippen LogP contribution in [-0.2, 0) is 18.0 Å². The molecule has 0 N–H and O–H groups in total. The normalized spacial score (nSPS) is 16.0. The van der Waals surface area contributed by atoms with Crippen LogP contribution in [0.25, 0.3) is 0 Å². The van der Waals surface area contributed by atoms with Crippen LogP contribution < -0.4 is 0 Å². The Hall–Kier alpha value is -0.340. The lowest BCUT2D eigenvalue weighted by atomic mass is 9.90. The SMILES string of the molecule is CCCC(CCC)C(Br)c1ccc2c(c1)COC2. The molecule has 0 saturated heterocycles. The molecule has 1 aliphatic heterocycles. The fourth-order valence-electron chi connectivity index (χ4n) is 2.81. The number of ether oxygens (including phenoxy) is 1. The zero-order chi connectivity index (χ0) is 13.0. The second kappa shape index (κ2) is 6.72. The molecule has 0 amide bonds. The van der Waals surface area contributed by atoms with E-state index >= 15 is 0 Å². The van der Waals surface area contributed by atoms with Crippen LogP contribution in [0.15, 0.2) is 18.2 Å². The molecule has 1 atom stereocenters. The van der Waals surface area contributed by atoms with Crippen molar-refractivity contribution in [3.05, 3.63) is 34.9 Å². The van der Waals surface area contributed by atoms with Crippen molar-refractivity contribution in [2.24, 2.45) is 5.92 Å². The van der Waals surface area contributed by atoms with Crippen molar-refractivity contribution in [2.45, 2.75) is 57.6 Å². The largest absolute Gasteiger partial charge is 0.372 e. The highest BCUT2D eigenvalue weighted by atomic mass is 79.9. The zero-order valence-electron chi connectivity index (χ0n) is 11.4. The minimum absolute atomic E-state index is 0.489. The Morgan fingerprint density at radius 1 is 1.11 bits per heavy atom. The van der Waals surface area contributed by atoms with Crippen molar-refractivity contribution in [2.75, 3.05) is 0 Å². The highest BCUT2D eigenvalue weighted by Gasteiger charge is 2.21. The van der Waals surface area contributed by atoms with E-state index in [1.54, 1.807) is 0 Å². The second-order valence-electron chi connectivity index (χ2n) is 5.26. The third-order valence-electron chi connectivity index (χ3n) is 3.80. The van der Waals surface area contributed by atoms with E-state index in [1.165, 1.54) is 42.4 Å². The molecule has 0 aliphatic carbocycles. The molecule has 1 unspecified atom stereocenters. The Kier molecular flexibility index (Phi) is 5.25. The minimum atomic E-state index is 0.489. The molecule has 0 bridgehead atoms. The van der Waals surface area contributed by atoms with Crippen molar-refractivity contribution >= 4 is 15.9 Å². The van der Waals surface area contributed by atoms with Crippen LogP contribution >= 0.6 is 15.9 Å². The van der Waals surface area contributed by atoms with Gasteiger partial charge >= 0.3 is 0 Å². The summed E-state index contributed by atoms with van der Waals surface area (Å²) in [5, 5.41) is 0. The molecule has 1 nitrogen and oxygen atoms in total. The van der Waals surface area contributed by atoms with Gasteiger partial charge in [-0.25, -0.2) is 0 Å². The number of hydrogen-bond donors (Lipinski definition) is 0. The van der Waals surface area contributed by atoms with E-state index in [0.29, 0.717) is 4.83 Å². The molecule has 0 radical (unpaired) electrons. The van der Waals surface area contributed by atoms with Crippen LogP contribution in [0.5, 0.6) is 0 Å². The topological polar surface area (TPSA) is 9.23 Å². The number of alkyl halides is 1. The van der Waals surface area contributed by atoms with Gasteiger partial charge in [0.1, 0.15) is 0 Å². The van der Waals surface area contributed by atoms with E-state index in [4.69, 9.17) is 4.74 Å². The van der Waals surface area contributed by atoms with Gasteiger partial charge in [0.15, 0.2) is 0 Å². The van der Waals surface area contributed by atoms with Crippen LogP contribution in [0.3, 0.4) is 0 Å². The Balaban J connectivity index is 2.13. The molecule has 1 aromatic carbocycles. The molecular weight excluding hydrogens is 288 g/mol. The van der Waals surface area contributed by atoms with Gasteiger partial charge in [0, 0.05) is 4.83 Å². The minimum Gasteiger partial charge on any atom is -0.372 e. The number of hydrogen-bond acceptors (Lipinski definition) is 1. The smallest absolute Gasteiger partial charge is 0.0725 e. The molecule has 0 fully saturated rings. The fourth-order valence-corrected chi connectivity index (χ4v) is 3.63. The second-order valence-corrected chi connectivity index (χ2v) is 6.25. The van der Waals surface area contributed by atoms with Gasteiger partial charge in [-0.3, -0.25) is 0 Å². The molecule has 0 spiro atoms. The molecule has 1 heterocycles. The number of benzene rings is 1. The van der Waals surface area contributed by atoms with Gasteiger partial charge in [0.05, 0.1) is 13.2 Å². The number of rotatable bonds is 6. The zero-order valence-corrected chi connectivity index (χ0v) is 13.0. The Morgan fingerprint density at radius 2 is 1.78 bits per heavy atom. The molecule has 1 aromatic rings. The first kappa shape index (κ1) is 14.1. The highest BCUT2D eigenvalue weighted by Crippen LogP contribution is 2.38. The maximum absolute atomic E-state index is 5.49. The van der Waals surface area contributed by atoms with Crippen molar-refractivity contribution in [1.29, 1.82) is 0 Å². The first-order valence-corrected chi connectivity index (χ1v) is 8.01. The van der Waals surface area contributed by atoms with Crippen molar-refractivity contribution in [1.82, 2.24) is 0 Å². The molecule has 18 heavy (non-hydrogen) atoms. The Bertz CT molecular complexity index is 383. The van der Waals surface area contributed by atoms with Gasteiger partial charge in [0.2, 0.25) is 0 Å². The Morgan fingerprint density at radius 3 is 2.44 bits per heavy atom. The van der Waals surface area contributed by atoms with E-state index < -0.39 is 0 Å². The summed E-state index contributed by atoms with van der Waals surface area (Å²) in [7, 11) is 0. The van der Waals surface area contributed by atoms with Crippen LogP contribution in [0, 0.1) is 5.92 Å². The van der Waals surface area contributed by atoms with Gasteiger partial charge in [-0.2, -0.15) is 0 Å². The van der Waals surface area contributed by atoms with E-state index in [0.717, 1.165) is 19.1 Å². The van der Waals surface area contributed by atoms with Gasteiger partial charge in [-0.15, -0.1) is 0 Å². The van der Waals surface area contributed by atoms with E-state index in [9.17, 15) is 0 Å². The molecular formula is C16H23BrO. The summed E-state index contributed by atoms with van der Waals surface area (Å²) >= 11 is 3.92. The quantitative estimate of drug-likeness (QED) is 0.642. The van der Waals surface area contributed by atoms with E-state index in [1.807, 2.05) is 0 Å². The number of halogens is 1. The fraction of sp³-hybridized carbons (Fsp3) is 0.625. The summed E-state index contributed by atoms with van der Waals surface area (Å²) in [6.07, 6.45) is 5.14. The van der Waals surface area contributed by atoms with Gasteiger partial charge in [0.25, 0.3) is 0 Å². The summed E-state index contributed by atoms with van der Waals surface area (Å²) in [5.74, 6) is 0.750. The van der Waals surface area contributed by atoms with Gasteiger partial charge in [-0.1, -0.05) is 60.8 Å². The molecule has 100 valence electrons. The maximum atomic E-state index is 5.49. The first-order valence-electron chi connectivity index (χ1n) is 7.09. The predicted octanol–water partition coefficient (Wildman–Crippen LogP) is 5.37. The van der Waals surface area contributed by atoms with Crippen LogP contribution in [0.4, 0.5) is 0 Å². The summed E-state index contributed by atoms with van der Waals surface area (Å²) in [6.45, 7) is 6.13. The molecule has 2 rings (SSSR count). The lowest BCUT2D eigenvalue weighted by Crippen LogP contribution is -2.08. The van der Waals surface area contributed by atoms with Crippen LogP contribution in [-0.4, -0.2) is 0 Å². The first-order chi connectivity index (χ1) is 8.76. The van der Waals surface area contributed by atoms with Crippen molar-refractivity contribution in [3.8, 4) is 0 Å². The summed E-state index contributed by atoms with van der Waals surface area (Å²) in [5.41, 5.74) is 4.16. The molecule has 2 heteroatoms. The standard InChI is InChI=1S/C16H23BrO/c1-3-5-12(6-4-2)16(17)13-7-8-14-10-18-11-15(14)9-13/h7-9,12,16H,3-6,10-11H2,1-2H3. The monoisotopic (exact) mass is 310 g/mol. The molecule has 0 aromatic heterocycles. The van der Waals surface area contributed by atoms with E-state index in [2.05, 4.69) is 48.0 Å². The van der Waals surface area contributed by atoms with Crippen molar-refractivity contribution in [3.63, 3.8) is 0 Å². The summed E-state index contributed by atoms with van der Waals surface area (Å²) in [4.78, 5) is 0.489. The molecule has 1 aliphatic rings. The average Bonchev–Trinajstić information content (AvgIpc) is 2.84.